The van der Waals surface area contributed by atoms with Gasteiger partial charge in [0, 0.05) is 11.3 Å². The van der Waals surface area contributed by atoms with Crippen molar-refractivity contribution in [3.63, 3.8) is 0 Å². The number of hydrogen-bond acceptors (Lipinski definition) is 3. The molecule has 0 spiro atoms. The smallest absolute Gasteiger partial charge is 0.395 e. The van der Waals surface area contributed by atoms with Gasteiger partial charge in [0.15, 0.2) is 0 Å². The van der Waals surface area contributed by atoms with Crippen LogP contribution in [-0.4, -0.2) is 0 Å². The van der Waals surface area contributed by atoms with E-state index in [1.807, 2.05) is 20.8 Å². The van der Waals surface area contributed by atoms with Gasteiger partial charge in [-0.3, -0.25) is 0 Å². The van der Waals surface area contributed by atoms with Crippen molar-refractivity contribution in [1.29, 1.82) is 0 Å². The van der Waals surface area contributed by atoms with Gasteiger partial charge in [-0.25, -0.2) is 4.79 Å². The summed E-state index contributed by atoms with van der Waals surface area (Å²) < 4.78 is 4.99. The third-order valence-corrected chi connectivity index (χ3v) is 2.21. The highest BCUT2D eigenvalue weighted by Gasteiger charge is 2.07. The first-order valence-electron chi connectivity index (χ1n) is 4.69. The molecule has 0 atom stereocenters. The summed E-state index contributed by atoms with van der Waals surface area (Å²) in [7, 11) is 0. The standard InChI is InChI=1S/C8H12O2S.C2H6/c1-5(2)4-7-6(3)11-8(9)10-7;1-2/h5H,4H2,1-3H3;1-2H3. The van der Waals surface area contributed by atoms with Gasteiger partial charge in [0.25, 0.3) is 0 Å². The minimum absolute atomic E-state index is 0.182. The Morgan fingerprint density at radius 2 is 1.92 bits per heavy atom. The second kappa shape index (κ2) is 5.97. The van der Waals surface area contributed by atoms with E-state index in [1.54, 1.807) is 0 Å². The van der Waals surface area contributed by atoms with Crippen molar-refractivity contribution in [3.8, 4) is 0 Å². The van der Waals surface area contributed by atoms with Crippen LogP contribution in [0.5, 0.6) is 0 Å². The molecule has 0 saturated heterocycles. The molecule has 0 unspecified atom stereocenters. The van der Waals surface area contributed by atoms with Crippen LogP contribution in [0.4, 0.5) is 0 Å². The zero-order valence-electron chi connectivity index (χ0n) is 9.01. The second-order valence-corrected chi connectivity index (χ2v) is 4.18. The molecule has 0 N–H and O–H groups in total. The van der Waals surface area contributed by atoms with Gasteiger partial charge >= 0.3 is 4.94 Å². The van der Waals surface area contributed by atoms with E-state index in [-0.39, 0.29) is 4.94 Å². The number of hydrogen-bond donors (Lipinski definition) is 0. The minimum Gasteiger partial charge on any atom is -0.419 e. The molecule has 0 radical (unpaired) electrons. The molecule has 0 fully saturated rings. The largest absolute Gasteiger partial charge is 0.419 e. The van der Waals surface area contributed by atoms with E-state index in [0.29, 0.717) is 5.92 Å². The maximum atomic E-state index is 10.7. The Morgan fingerprint density at radius 3 is 2.23 bits per heavy atom. The topological polar surface area (TPSA) is 30.2 Å². The van der Waals surface area contributed by atoms with Crippen LogP contribution in [0.15, 0.2) is 9.21 Å². The van der Waals surface area contributed by atoms with Crippen LogP contribution >= 0.6 is 11.3 Å². The average Bonchev–Trinajstić information content (AvgIpc) is 2.33. The third-order valence-electron chi connectivity index (χ3n) is 1.43. The molecule has 1 heterocycles. The molecule has 1 rings (SSSR count). The molecule has 0 aromatic carbocycles. The van der Waals surface area contributed by atoms with Gasteiger partial charge in [-0.15, -0.1) is 0 Å². The Kier molecular flexibility index (Phi) is 5.71. The second-order valence-electron chi connectivity index (χ2n) is 3.03. The molecule has 0 saturated carbocycles. The lowest BCUT2D eigenvalue weighted by molar-refractivity contribution is 0.450. The van der Waals surface area contributed by atoms with Gasteiger partial charge in [-0.1, -0.05) is 39.0 Å². The van der Waals surface area contributed by atoms with Crippen LogP contribution in [0.1, 0.15) is 38.3 Å². The summed E-state index contributed by atoms with van der Waals surface area (Å²) >= 11 is 1.19. The fourth-order valence-corrected chi connectivity index (χ4v) is 1.56. The average molecular weight is 202 g/mol. The lowest BCUT2D eigenvalue weighted by Gasteiger charge is -1.99. The van der Waals surface area contributed by atoms with Crippen molar-refractivity contribution in [1.82, 2.24) is 0 Å². The van der Waals surface area contributed by atoms with Crippen molar-refractivity contribution in [2.24, 2.45) is 5.92 Å². The van der Waals surface area contributed by atoms with Crippen LogP contribution in [0, 0.1) is 12.8 Å². The summed E-state index contributed by atoms with van der Waals surface area (Å²) in [6.07, 6.45) is 0.866. The quantitative estimate of drug-likeness (QED) is 0.737. The van der Waals surface area contributed by atoms with Crippen LogP contribution in [0.2, 0.25) is 0 Å². The SMILES string of the molecule is CC.Cc1sc(=O)oc1CC(C)C. The summed E-state index contributed by atoms with van der Waals surface area (Å²) in [5.41, 5.74) is 0. The molecule has 3 heteroatoms. The molecule has 0 amide bonds. The minimum atomic E-state index is -0.182. The molecule has 0 aliphatic rings. The fourth-order valence-electron chi connectivity index (χ4n) is 0.931. The monoisotopic (exact) mass is 202 g/mol. The van der Waals surface area contributed by atoms with Crippen molar-refractivity contribution in [3.05, 3.63) is 20.4 Å². The van der Waals surface area contributed by atoms with Gasteiger partial charge in [0.05, 0.1) is 0 Å². The molecule has 1 aromatic rings. The molecule has 1 aromatic heterocycles. The maximum Gasteiger partial charge on any atom is 0.395 e. The highest BCUT2D eigenvalue weighted by Crippen LogP contribution is 2.14. The lowest BCUT2D eigenvalue weighted by atomic mass is 10.1. The first-order chi connectivity index (χ1) is 6.09. The zero-order valence-corrected chi connectivity index (χ0v) is 9.83. The summed E-state index contributed by atoms with van der Waals surface area (Å²) in [4.78, 5) is 11.6. The molecule has 2 nitrogen and oxygen atoms in total. The van der Waals surface area contributed by atoms with Crippen LogP contribution in [0.3, 0.4) is 0 Å². The Labute approximate surface area is 83.6 Å². The van der Waals surface area contributed by atoms with Crippen LogP contribution in [-0.2, 0) is 6.42 Å². The highest BCUT2D eigenvalue weighted by atomic mass is 32.1. The summed E-state index contributed by atoms with van der Waals surface area (Å²) in [6, 6.07) is 0. The Morgan fingerprint density at radius 1 is 1.38 bits per heavy atom. The molecular formula is C10H18O2S. The predicted octanol–water partition coefficient (Wildman–Crippen LogP) is 3.23. The highest BCUT2D eigenvalue weighted by molar-refractivity contribution is 7.09. The third kappa shape index (κ3) is 4.27. The van der Waals surface area contributed by atoms with Crippen molar-refractivity contribution >= 4 is 11.3 Å². The van der Waals surface area contributed by atoms with E-state index in [4.69, 9.17) is 4.42 Å². The van der Waals surface area contributed by atoms with Crippen LogP contribution < -0.4 is 4.94 Å². The van der Waals surface area contributed by atoms with Gasteiger partial charge in [-0.05, 0) is 12.8 Å². The molecular weight excluding hydrogens is 184 g/mol. The van der Waals surface area contributed by atoms with Gasteiger partial charge < -0.3 is 4.42 Å². The summed E-state index contributed by atoms with van der Waals surface area (Å²) in [5.74, 6) is 1.40. The Bertz CT molecular complexity index is 283. The van der Waals surface area contributed by atoms with Crippen molar-refractivity contribution in [2.75, 3.05) is 0 Å². The van der Waals surface area contributed by atoms with Gasteiger partial charge in [-0.2, -0.15) is 0 Å². The summed E-state index contributed by atoms with van der Waals surface area (Å²) in [6.45, 7) is 10.1. The van der Waals surface area contributed by atoms with Gasteiger partial charge in [0.2, 0.25) is 0 Å². The van der Waals surface area contributed by atoms with E-state index in [0.717, 1.165) is 17.1 Å². The van der Waals surface area contributed by atoms with E-state index in [2.05, 4.69) is 13.8 Å². The molecule has 0 aliphatic heterocycles. The normalized spacial score (nSPS) is 9.69. The van der Waals surface area contributed by atoms with Crippen molar-refractivity contribution in [2.45, 2.75) is 41.0 Å². The fraction of sp³-hybridized carbons (Fsp3) is 0.700. The van der Waals surface area contributed by atoms with Crippen molar-refractivity contribution < 1.29 is 4.42 Å². The van der Waals surface area contributed by atoms with E-state index in [1.165, 1.54) is 11.3 Å². The predicted molar refractivity (Wildman–Crippen MR) is 57.5 cm³/mol. The van der Waals surface area contributed by atoms with Crippen LogP contribution in [0.25, 0.3) is 0 Å². The molecule has 76 valence electrons. The van der Waals surface area contributed by atoms with E-state index in [9.17, 15) is 4.79 Å². The first-order valence-corrected chi connectivity index (χ1v) is 5.50. The number of aryl methyl sites for hydroxylation is 1. The first kappa shape index (κ1) is 12.4. The molecule has 0 aliphatic carbocycles. The lowest BCUT2D eigenvalue weighted by Crippen LogP contribution is -1.94. The zero-order chi connectivity index (χ0) is 10.4. The maximum absolute atomic E-state index is 10.7. The Balaban J connectivity index is 0.000000671. The van der Waals surface area contributed by atoms with E-state index >= 15 is 0 Å². The van der Waals surface area contributed by atoms with Gasteiger partial charge in [0.1, 0.15) is 5.76 Å². The number of rotatable bonds is 2. The molecule has 13 heavy (non-hydrogen) atoms. The Hall–Kier alpha value is -0.570. The summed E-state index contributed by atoms with van der Waals surface area (Å²) in [5, 5.41) is 0. The van der Waals surface area contributed by atoms with E-state index < -0.39 is 0 Å². The molecule has 0 bridgehead atoms.